The molecule has 0 aliphatic carbocycles. The number of methoxy groups -OCH3 is 1. The van der Waals surface area contributed by atoms with Crippen LogP contribution < -0.4 is 10.1 Å². The third-order valence-electron chi connectivity index (χ3n) is 3.53. The van der Waals surface area contributed by atoms with Crippen molar-refractivity contribution in [2.75, 3.05) is 13.7 Å². The number of benzene rings is 2. The molecule has 2 rings (SSSR count). The number of ether oxygens (including phenoxy) is 1. The van der Waals surface area contributed by atoms with Gasteiger partial charge in [-0.05, 0) is 37.1 Å². The Bertz CT molecular complexity index is 533. The minimum atomic E-state index is 0.390. The zero-order valence-corrected chi connectivity index (χ0v) is 12.5. The highest BCUT2D eigenvalue weighted by Gasteiger charge is 2.07. The second-order valence-corrected chi connectivity index (χ2v) is 5.00. The van der Waals surface area contributed by atoms with Gasteiger partial charge < -0.3 is 10.1 Å². The van der Waals surface area contributed by atoms with Crippen molar-refractivity contribution in [1.29, 1.82) is 0 Å². The first-order valence-electron chi connectivity index (χ1n) is 7.23. The summed E-state index contributed by atoms with van der Waals surface area (Å²) >= 11 is 0. The molecule has 0 saturated carbocycles. The van der Waals surface area contributed by atoms with E-state index >= 15 is 0 Å². The summed E-state index contributed by atoms with van der Waals surface area (Å²) in [5, 5.41) is 3.51. The molecule has 0 heterocycles. The fourth-order valence-corrected chi connectivity index (χ4v) is 2.31. The number of hydrogen-bond donors (Lipinski definition) is 1. The van der Waals surface area contributed by atoms with Gasteiger partial charge >= 0.3 is 0 Å². The van der Waals surface area contributed by atoms with Crippen LogP contribution >= 0.6 is 0 Å². The Morgan fingerprint density at radius 1 is 1.05 bits per heavy atom. The van der Waals surface area contributed by atoms with Crippen LogP contribution in [-0.2, 0) is 0 Å². The minimum Gasteiger partial charge on any atom is -0.496 e. The highest BCUT2D eigenvalue weighted by atomic mass is 16.5. The number of hydrogen-bond acceptors (Lipinski definition) is 2. The van der Waals surface area contributed by atoms with E-state index in [0.29, 0.717) is 6.04 Å². The Labute approximate surface area is 121 Å². The van der Waals surface area contributed by atoms with Crippen LogP contribution in [0.5, 0.6) is 5.75 Å². The van der Waals surface area contributed by atoms with Gasteiger partial charge in [0.05, 0.1) is 7.11 Å². The van der Waals surface area contributed by atoms with E-state index in [4.69, 9.17) is 4.74 Å². The fourth-order valence-electron chi connectivity index (χ4n) is 2.31. The van der Waals surface area contributed by atoms with Gasteiger partial charge in [-0.2, -0.15) is 0 Å². The van der Waals surface area contributed by atoms with Gasteiger partial charge in [0, 0.05) is 11.6 Å². The fraction of sp³-hybridized carbons (Fsp3) is 0.333. The van der Waals surface area contributed by atoms with Gasteiger partial charge in [-0.1, -0.05) is 49.4 Å². The van der Waals surface area contributed by atoms with E-state index in [1.807, 2.05) is 18.2 Å². The van der Waals surface area contributed by atoms with Crippen LogP contribution in [0.15, 0.2) is 48.5 Å². The van der Waals surface area contributed by atoms with Crippen molar-refractivity contribution in [3.63, 3.8) is 0 Å². The number of rotatable bonds is 6. The summed E-state index contributed by atoms with van der Waals surface area (Å²) in [6.45, 7) is 5.44. The molecule has 0 aromatic heterocycles. The van der Waals surface area contributed by atoms with Crippen molar-refractivity contribution >= 4 is 0 Å². The van der Waals surface area contributed by atoms with Crippen molar-refractivity contribution in [2.45, 2.75) is 26.3 Å². The van der Waals surface area contributed by atoms with Crippen molar-refractivity contribution in [2.24, 2.45) is 0 Å². The smallest absolute Gasteiger partial charge is 0.126 e. The number of para-hydroxylation sites is 1. The first-order valence-corrected chi connectivity index (χ1v) is 7.23. The van der Waals surface area contributed by atoms with Crippen LogP contribution in [0.1, 0.15) is 31.9 Å². The van der Waals surface area contributed by atoms with Crippen LogP contribution in [-0.4, -0.2) is 13.7 Å². The second kappa shape index (κ2) is 7.11. The third kappa shape index (κ3) is 3.40. The molecule has 1 unspecified atom stereocenters. The standard InChI is InChI=1S/C18H23NO/c1-4-13-19-14(2)15-9-11-16(12-10-15)17-7-5-6-8-18(17)20-3/h5-12,14,19H,4,13H2,1-3H3. The summed E-state index contributed by atoms with van der Waals surface area (Å²) in [5.74, 6) is 0.914. The Balaban J connectivity index is 2.19. The average Bonchev–Trinajstić information content (AvgIpc) is 2.52. The molecular weight excluding hydrogens is 246 g/mol. The zero-order valence-electron chi connectivity index (χ0n) is 12.5. The molecule has 0 fully saturated rings. The van der Waals surface area contributed by atoms with Gasteiger partial charge in [0.25, 0.3) is 0 Å². The van der Waals surface area contributed by atoms with E-state index in [0.717, 1.165) is 24.3 Å². The van der Waals surface area contributed by atoms with Gasteiger partial charge in [0.1, 0.15) is 5.75 Å². The molecule has 106 valence electrons. The molecule has 2 nitrogen and oxygen atoms in total. The topological polar surface area (TPSA) is 21.3 Å². The summed E-state index contributed by atoms with van der Waals surface area (Å²) in [7, 11) is 1.71. The lowest BCUT2D eigenvalue weighted by Gasteiger charge is -2.14. The molecule has 2 heteroatoms. The summed E-state index contributed by atoms with van der Waals surface area (Å²) in [4.78, 5) is 0. The summed E-state index contributed by atoms with van der Waals surface area (Å²) in [5.41, 5.74) is 3.64. The first-order chi connectivity index (χ1) is 9.76. The minimum absolute atomic E-state index is 0.390. The van der Waals surface area contributed by atoms with E-state index in [9.17, 15) is 0 Å². The maximum absolute atomic E-state index is 5.42. The van der Waals surface area contributed by atoms with Crippen molar-refractivity contribution in [3.8, 4) is 16.9 Å². The molecule has 0 spiro atoms. The Kier molecular flexibility index (Phi) is 5.19. The molecule has 1 atom stereocenters. The summed E-state index contributed by atoms with van der Waals surface area (Å²) in [6, 6.07) is 17.2. The van der Waals surface area contributed by atoms with Crippen molar-refractivity contribution < 1.29 is 4.74 Å². The Morgan fingerprint density at radius 3 is 2.40 bits per heavy atom. The van der Waals surface area contributed by atoms with E-state index in [2.05, 4.69) is 49.5 Å². The third-order valence-corrected chi connectivity index (χ3v) is 3.53. The normalized spacial score (nSPS) is 12.2. The van der Waals surface area contributed by atoms with Crippen LogP contribution in [0, 0.1) is 0 Å². The lowest BCUT2D eigenvalue weighted by atomic mass is 10.0. The highest BCUT2D eigenvalue weighted by molar-refractivity contribution is 5.70. The van der Waals surface area contributed by atoms with Gasteiger partial charge in [0.15, 0.2) is 0 Å². The predicted molar refractivity (Wildman–Crippen MR) is 85.1 cm³/mol. The molecule has 0 bridgehead atoms. The molecule has 0 amide bonds. The van der Waals surface area contributed by atoms with Gasteiger partial charge in [0.2, 0.25) is 0 Å². The SMILES string of the molecule is CCCNC(C)c1ccc(-c2ccccc2OC)cc1. The second-order valence-electron chi connectivity index (χ2n) is 5.00. The largest absolute Gasteiger partial charge is 0.496 e. The zero-order chi connectivity index (χ0) is 14.4. The molecule has 0 saturated heterocycles. The quantitative estimate of drug-likeness (QED) is 0.838. The molecule has 0 aliphatic heterocycles. The molecule has 0 aliphatic rings. The lowest BCUT2D eigenvalue weighted by molar-refractivity contribution is 0.416. The van der Waals surface area contributed by atoms with Crippen LogP contribution in [0.3, 0.4) is 0 Å². The highest BCUT2D eigenvalue weighted by Crippen LogP contribution is 2.30. The summed E-state index contributed by atoms with van der Waals surface area (Å²) < 4.78 is 5.42. The van der Waals surface area contributed by atoms with E-state index in [1.54, 1.807) is 7.11 Å². The van der Waals surface area contributed by atoms with Crippen molar-refractivity contribution in [3.05, 3.63) is 54.1 Å². The monoisotopic (exact) mass is 269 g/mol. The summed E-state index contributed by atoms with van der Waals surface area (Å²) in [6.07, 6.45) is 1.16. The lowest BCUT2D eigenvalue weighted by Crippen LogP contribution is -2.19. The van der Waals surface area contributed by atoms with Gasteiger partial charge in [-0.15, -0.1) is 0 Å². The van der Waals surface area contributed by atoms with E-state index < -0.39 is 0 Å². The first kappa shape index (κ1) is 14.6. The maximum atomic E-state index is 5.42. The van der Waals surface area contributed by atoms with Crippen LogP contribution in [0.25, 0.3) is 11.1 Å². The Morgan fingerprint density at radius 2 is 1.75 bits per heavy atom. The molecule has 1 N–H and O–H groups in total. The van der Waals surface area contributed by atoms with Crippen molar-refractivity contribution in [1.82, 2.24) is 5.32 Å². The molecule has 20 heavy (non-hydrogen) atoms. The Hall–Kier alpha value is -1.80. The number of nitrogens with one attached hydrogen (secondary N) is 1. The molecule has 2 aromatic rings. The molecule has 0 radical (unpaired) electrons. The van der Waals surface area contributed by atoms with Crippen LogP contribution in [0.4, 0.5) is 0 Å². The van der Waals surface area contributed by atoms with Gasteiger partial charge in [-0.3, -0.25) is 0 Å². The van der Waals surface area contributed by atoms with Crippen LogP contribution in [0.2, 0.25) is 0 Å². The molecular formula is C18H23NO. The predicted octanol–water partition coefficient (Wildman–Crippen LogP) is 4.42. The molecule has 2 aromatic carbocycles. The van der Waals surface area contributed by atoms with E-state index in [1.165, 1.54) is 11.1 Å². The van der Waals surface area contributed by atoms with E-state index in [-0.39, 0.29) is 0 Å². The average molecular weight is 269 g/mol. The van der Waals surface area contributed by atoms with Gasteiger partial charge in [-0.25, -0.2) is 0 Å². The maximum Gasteiger partial charge on any atom is 0.126 e.